The van der Waals surface area contributed by atoms with E-state index in [1.165, 1.54) is 39.0 Å². The molecule has 212 valence electrons. The largest absolute Gasteiger partial charge is 0.454 e. The summed E-state index contributed by atoms with van der Waals surface area (Å²) >= 11 is 1.64. The van der Waals surface area contributed by atoms with Crippen LogP contribution >= 0.6 is 11.3 Å². The number of aromatic nitrogens is 3. The number of furan rings is 1. The van der Waals surface area contributed by atoms with Gasteiger partial charge in [0.1, 0.15) is 11.3 Å². The van der Waals surface area contributed by atoms with Gasteiger partial charge in [-0.15, -0.1) is 11.3 Å². The maximum atomic E-state index is 6.88. The fourth-order valence-electron chi connectivity index (χ4n) is 6.59. The molecule has 0 amide bonds. The molecule has 0 bridgehead atoms. The molecule has 0 fully saturated rings. The molecule has 3 aromatic heterocycles. The van der Waals surface area contributed by atoms with Crippen LogP contribution < -0.4 is 4.57 Å². The van der Waals surface area contributed by atoms with Crippen molar-refractivity contribution in [3.8, 4) is 17.1 Å². The monoisotopic (exact) mass is 572 g/mol. The first-order chi connectivity index (χ1) is 20.2. The van der Waals surface area contributed by atoms with Gasteiger partial charge < -0.3 is 4.42 Å². The van der Waals surface area contributed by atoms with Gasteiger partial charge in [-0.2, -0.15) is 4.57 Å². The van der Waals surface area contributed by atoms with E-state index in [0.717, 1.165) is 43.5 Å². The molecule has 0 saturated carbocycles. The van der Waals surface area contributed by atoms with Crippen molar-refractivity contribution in [1.82, 2.24) is 9.55 Å². The lowest BCUT2D eigenvalue weighted by Crippen LogP contribution is -2.30. The van der Waals surface area contributed by atoms with Gasteiger partial charge in [0.25, 0.3) is 5.82 Å². The Morgan fingerprint density at radius 1 is 0.810 bits per heavy atom. The minimum atomic E-state index is 0.359. The van der Waals surface area contributed by atoms with Crippen molar-refractivity contribution in [2.24, 2.45) is 7.05 Å². The molecular formula is C37H38N3OS+. The van der Waals surface area contributed by atoms with Gasteiger partial charge in [-0.3, -0.25) is 0 Å². The molecule has 0 spiro atoms. The molecule has 3 heterocycles. The van der Waals surface area contributed by atoms with Crippen molar-refractivity contribution in [3.63, 3.8) is 0 Å². The number of thiazole rings is 1. The molecule has 7 aromatic rings. The molecule has 7 rings (SSSR count). The predicted molar refractivity (Wildman–Crippen MR) is 177 cm³/mol. The van der Waals surface area contributed by atoms with Crippen LogP contribution in [0.3, 0.4) is 0 Å². The van der Waals surface area contributed by atoms with E-state index >= 15 is 0 Å². The highest BCUT2D eigenvalue weighted by molar-refractivity contribution is 7.17. The van der Waals surface area contributed by atoms with E-state index in [2.05, 4.69) is 130 Å². The molecule has 42 heavy (non-hydrogen) atoms. The maximum absolute atomic E-state index is 6.88. The van der Waals surface area contributed by atoms with E-state index in [4.69, 9.17) is 4.42 Å². The number of hydrogen-bond donors (Lipinski definition) is 0. The van der Waals surface area contributed by atoms with Crippen LogP contribution in [0.1, 0.15) is 81.5 Å². The number of para-hydroxylation sites is 2. The zero-order chi connectivity index (χ0) is 29.4. The molecule has 5 heteroatoms. The molecule has 0 N–H and O–H groups in total. The summed E-state index contributed by atoms with van der Waals surface area (Å²) in [5.74, 6) is 2.32. The molecule has 0 aliphatic rings. The fraction of sp³-hybridized carbons (Fsp3) is 0.297. The normalized spacial score (nSPS) is 12.5. The number of imidazole rings is 1. The Bertz CT molecular complexity index is 2130. The highest BCUT2D eigenvalue weighted by Gasteiger charge is 2.34. The fourth-order valence-corrected chi connectivity index (χ4v) is 7.36. The number of rotatable bonds is 5. The first-order valence-corrected chi connectivity index (χ1v) is 15.9. The van der Waals surface area contributed by atoms with Gasteiger partial charge >= 0.3 is 0 Å². The summed E-state index contributed by atoms with van der Waals surface area (Å²) in [7, 11) is 2.20. The second-order valence-corrected chi connectivity index (χ2v) is 13.5. The molecule has 4 nitrogen and oxygen atoms in total. The minimum absolute atomic E-state index is 0.359. The zero-order valence-electron chi connectivity index (χ0n) is 25.7. The quantitative estimate of drug-likeness (QED) is 0.192. The zero-order valence-corrected chi connectivity index (χ0v) is 26.6. The van der Waals surface area contributed by atoms with Crippen molar-refractivity contribution in [2.75, 3.05) is 0 Å². The lowest BCUT2D eigenvalue weighted by atomic mass is 9.87. The van der Waals surface area contributed by atoms with E-state index < -0.39 is 0 Å². The molecule has 0 atom stereocenters. The topological polar surface area (TPSA) is 34.8 Å². The first kappa shape index (κ1) is 26.9. The molecule has 0 radical (unpaired) electrons. The summed E-state index contributed by atoms with van der Waals surface area (Å²) in [5.41, 5.74) is 14.9. The maximum Gasteiger partial charge on any atom is 0.299 e. The Balaban J connectivity index is 1.68. The van der Waals surface area contributed by atoms with Crippen LogP contribution in [0, 0.1) is 6.92 Å². The van der Waals surface area contributed by atoms with Crippen LogP contribution in [0.2, 0.25) is 0 Å². The third-order valence-corrected chi connectivity index (χ3v) is 9.72. The Morgan fingerprint density at radius 2 is 1.48 bits per heavy atom. The third-order valence-electron chi connectivity index (χ3n) is 8.88. The highest BCUT2D eigenvalue weighted by Crippen LogP contribution is 2.44. The number of fused-ring (bicyclic) bond motifs is 6. The van der Waals surface area contributed by atoms with Crippen LogP contribution in [0.5, 0.6) is 0 Å². The van der Waals surface area contributed by atoms with Crippen molar-refractivity contribution in [2.45, 2.75) is 66.2 Å². The molecule has 0 aliphatic carbocycles. The van der Waals surface area contributed by atoms with Gasteiger partial charge in [-0.25, -0.2) is 9.55 Å². The predicted octanol–water partition coefficient (Wildman–Crippen LogP) is 10.3. The third kappa shape index (κ3) is 3.86. The number of aryl methyl sites for hydroxylation is 2. The van der Waals surface area contributed by atoms with Crippen LogP contribution in [0.15, 0.2) is 70.6 Å². The average Bonchev–Trinajstić information content (AvgIpc) is 3.66. The van der Waals surface area contributed by atoms with Gasteiger partial charge in [-0.1, -0.05) is 77.9 Å². The van der Waals surface area contributed by atoms with Gasteiger partial charge in [0.2, 0.25) is 0 Å². The summed E-state index contributed by atoms with van der Waals surface area (Å²) in [6, 6.07) is 22.4. The van der Waals surface area contributed by atoms with Crippen molar-refractivity contribution < 1.29 is 8.98 Å². The second kappa shape index (κ2) is 9.81. The van der Waals surface area contributed by atoms with E-state index in [-0.39, 0.29) is 0 Å². The highest BCUT2D eigenvalue weighted by atomic mass is 32.1. The molecule has 0 saturated heterocycles. The Labute approximate surface area is 251 Å². The van der Waals surface area contributed by atoms with Crippen LogP contribution in [0.25, 0.3) is 60.3 Å². The summed E-state index contributed by atoms with van der Waals surface area (Å²) < 4.78 is 12.9. The van der Waals surface area contributed by atoms with Crippen LogP contribution in [-0.2, 0) is 7.05 Å². The van der Waals surface area contributed by atoms with E-state index in [9.17, 15) is 0 Å². The second-order valence-electron chi connectivity index (χ2n) is 12.6. The Morgan fingerprint density at radius 3 is 2.17 bits per heavy atom. The lowest BCUT2D eigenvalue weighted by molar-refractivity contribution is -0.633. The number of hydrogen-bond acceptors (Lipinski definition) is 3. The molecule has 0 aliphatic heterocycles. The smallest absolute Gasteiger partial charge is 0.299 e. The van der Waals surface area contributed by atoms with Crippen LogP contribution in [-0.4, -0.2) is 9.55 Å². The minimum Gasteiger partial charge on any atom is -0.454 e. The van der Waals surface area contributed by atoms with Gasteiger partial charge in [0.15, 0.2) is 22.2 Å². The Kier molecular flexibility index (Phi) is 6.28. The lowest BCUT2D eigenvalue weighted by Gasteiger charge is -2.21. The number of benzene rings is 4. The van der Waals surface area contributed by atoms with Crippen molar-refractivity contribution in [1.29, 1.82) is 0 Å². The summed E-state index contributed by atoms with van der Waals surface area (Å²) in [6.45, 7) is 16.1. The van der Waals surface area contributed by atoms with Crippen molar-refractivity contribution in [3.05, 3.63) is 88.4 Å². The number of nitrogens with zero attached hydrogens (tertiary/aromatic N) is 3. The van der Waals surface area contributed by atoms with E-state index in [0.29, 0.717) is 17.8 Å². The van der Waals surface area contributed by atoms with Crippen LogP contribution in [0.4, 0.5) is 0 Å². The molecular weight excluding hydrogens is 534 g/mol. The summed E-state index contributed by atoms with van der Waals surface area (Å²) in [4.78, 5) is 4.56. The van der Waals surface area contributed by atoms with Gasteiger partial charge in [-0.05, 0) is 60.1 Å². The average molecular weight is 573 g/mol. The van der Waals surface area contributed by atoms with Gasteiger partial charge in [0, 0.05) is 21.9 Å². The Hall–Kier alpha value is -3.96. The first-order valence-electron chi connectivity index (χ1n) is 15.0. The van der Waals surface area contributed by atoms with Crippen molar-refractivity contribution >= 4 is 54.5 Å². The SMILES string of the molecule is Cc1ccc2c(oc3c2ccc2ncsc23)c1-c1n(-c2c(C(C)C)cc(C(C)C)cc2C(C)C)c2ccccc2[n+]1C. The summed E-state index contributed by atoms with van der Waals surface area (Å²) in [6.07, 6.45) is 0. The van der Waals surface area contributed by atoms with E-state index in [1.807, 2.05) is 5.51 Å². The van der Waals surface area contributed by atoms with E-state index in [1.54, 1.807) is 11.3 Å². The molecule has 0 unspecified atom stereocenters. The standard InChI is InChI=1S/C37H38N3OS/c1-20(2)24-17-27(21(3)4)33(28(18-24)22(5)6)40-31-12-10-9-11-30(31)39(8)37(40)32-23(7)13-14-25-26-15-16-29-36(42-19-38-29)35(26)41-34(25)32/h9-22H,1-8H3/q+1. The van der Waals surface area contributed by atoms with Gasteiger partial charge in [0.05, 0.1) is 22.8 Å². The summed E-state index contributed by atoms with van der Waals surface area (Å²) in [5, 5.41) is 2.28. The molecule has 4 aromatic carbocycles.